The van der Waals surface area contributed by atoms with Crippen molar-refractivity contribution in [2.45, 2.75) is 6.92 Å². The highest BCUT2D eigenvalue weighted by Crippen LogP contribution is 2.32. The Hall–Kier alpha value is -4.79. The van der Waals surface area contributed by atoms with Crippen molar-refractivity contribution in [3.63, 3.8) is 0 Å². The molecule has 2 aromatic carbocycles. The summed E-state index contributed by atoms with van der Waals surface area (Å²) < 4.78 is 11.4. The summed E-state index contributed by atoms with van der Waals surface area (Å²) >= 11 is 0. The lowest BCUT2D eigenvalue weighted by molar-refractivity contribution is -0.384. The maximum atomic E-state index is 12.8. The van der Waals surface area contributed by atoms with E-state index in [2.05, 4.69) is 15.3 Å². The summed E-state index contributed by atoms with van der Waals surface area (Å²) in [5, 5.41) is 14.1. The Morgan fingerprint density at radius 2 is 1.79 bits per heavy atom. The third-order valence-corrected chi connectivity index (χ3v) is 5.17. The number of nitro groups is 1. The molecule has 5 aromatic rings. The largest absolute Gasteiger partial charge is 0.451 e. The third-order valence-electron chi connectivity index (χ3n) is 5.17. The maximum absolute atomic E-state index is 12.8. The summed E-state index contributed by atoms with van der Waals surface area (Å²) in [6.45, 7) is 1.84. The lowest BCUT2D eigenvalue weighted by atomic mass is 10.1. The van der Waals surface area contributed by atoms with Crippen molar-refractivity contribution in [3.8, 4) is 22.8 Å². The number of rotatable bonds is 5. The number of furan rings is 1. The molecule has 3 heterocycles. The Bertz CT molecular complexity index is 1490. The predicted molar refractivity (Wildman–Crippen MR) is 121 cm³/mol. The van der Waals surface area contributed by atoms with Gasteiger partial charge in [0.05, 0.1) is 10.5 Å². The fourth-order valence-corrected chi connectivity index (χ4v) is 3.52. The van der Waals surface area contributed by atoms with Crippen molar-refractivity contribution >= 4 is 28.5 Å². The van der Waals surface area contributed by atoms with Crippen LogP contribution < -0.4 is 5.32 Å². The molecule has 0 atom stereocenters. The molecule has 0 fully saturated rings. The molecule has 162 valence electrons. The second kappa shape index (κ2) is 8.04. The van der Waals surface area contributed by atoms with Gasteiger partial charge in [-0.3, -0.25) is 14.9 Å². The van der Waals surface area contributed by atoms with Crippen LogP contribution in [-0.2, 0) is 0 Å². The van der Waals surface area contributed by atoms with Gasteiger partial charge < -0.3 is 14.2 Å². The molecule has 33 heavy (non-hydrogen) atoms. The van der Waals surface area contributed by atoms with E-state index in [1.807, 2.05) is 13.0 Å². The van der Waals surface area contributed by atoms with E-state index >= 15 is 0 Å². The van der Waals surface area contributed by atoms with Crippen LogP contribution in [0.1, 0.15) is 16.1 Å². The number of hydrogen-bond acceptors (Lipinski definition) is 7. The van der Waals surface area contributed by atoms with E-state index in [0.717, 1.165) is 5.56 Å². The smallest absolute Gasteiger partial charge is 0.291 e. The first-order valence-electron chi connectivity index (χ1n) is 9.98. The van der Waals surface area contributed by atoms with Gasteiger partial charge in [0.25, 0.3) is 11.6 Å². The molecule has 9 heteroatoms. The van der Waals surface area contributed by atoms with E-state index in [0.29, 0.717) is 33.9 Å². The van der Waals surface area contributed by atoms with Crippen molar-refractivity contribution in [1.29, 1.82) is 0 Å². The number of nitrogens with zero attached hydrogens (tertiary/aromatic N) is 3. The van der Waals surface area contributed by atoms with Crippen LogP contribution in [0.15, 0.2) is 81.8 Å². The Morgan fingerprint density at radius 3 is 2.61 bits per heavy atom. The number of oxazole rings is 1. The van der Waals surface area contributed by atoms with Gasteiger partial charge in [0.2, 0.25) is 5.89 Å². The number of para-hydroxylation sites is 1. The number of nitrogens with one attached hydrogen (secondary N) is 1. The van der Waals surface area contributed by atoms with Gasteiger partial charge in [0.1, 0.15) is 5.76 Å². The van der Waals surface area contributed by atoms with Gasteiger partial charge in [0.15, 0.2) is 17.0 Å². The van der Waals surface area contributed by atoms with Crippen LogP contribution in [0, 0.1) is 17.0 Å². The standard InChI is InChI=1S/C24H16N4O5/c1-14-15(24-27-22-20(33-24)10-5-13-25-22)7-4-8-17(14)26-23(29)21-12-11-19(32-21)16-6-2-3-9-18(16)28(30)31/h2-13H,1H3,(H,26,29). The van der Waals surface area contributed by atoms with Gasteiger partial charge in [-0.15, -0.1) is 0 Å². The van der Waals surface area contributed by atoms with E-state index in [1.165, 1.54) is 18.2 Å². The number of pyridine rings is 1. The zero-order valence-corrected chi connectivity index (χ0v) is 17.3. The number of nitro benzene ring substituents is 1. The van der Waals surface area contributed by atoms with Crippen molar-refractivity contribution < 1.29 is 18.6 Å². The zero-order chi connectivity index (χ0) is 22.9. The molecule has 5 rings (SSSR count). The number of carbonyl (C=O) groups excluding carboxylic acids is 1. The number of fused-ring (bicyclic) bond motifs is 1. The zero-order valence-electron chi connectivity index (χ0n) is 17.3. The minimum Gasteiger partial charge on any atom is -0.451 e. The molecule has 0 aliphatic heterocycles. The van der Waals surface area contributed by atoms with E-state index in [9.17, 15) is 14.9 Å². The summed E-state index contributed by atoms with van der Waals surface area (Å²) in [5.74, 6) is 0.171. The quantitative estimate of drug-likeness (QED) is 0.278. The fourth-order valence-electron chi connectivity index (χ4n) is 3.52. The van der Waals surface area contributed by atoms with Crippen molar-refractivity contribution in [1.82, 2.24) is 9.97 Å². The summed E-state index contributed by atoms with van der Waals surface area (Å²) in [5.41, 5.74) is 3.28. The lowest BCUT2D eigenvalue weighted by Gasteiger charge is -2.10. The molecular weight excluding hydrogens is 424 g/mol. The molecule has 3 aromatic heterocycles. The van der Waals surface area contributed by atoms with Gasteiger partial charge in [-0.1, -0.05) is 18.2 Å². The Kier molecular flexibility index (Phi) is 4.91. The van der Waals surface area contributed by atoms with E-state index in [4.69, 9.17) is 8.83 Å². The van der Waals surface area contributed by atoms with Gasteiger partial charge in [-0.2, -0.15) is 4.98 Å². The highest BCUT2D eigenvalue weighted by atomic mass is 16.6. The molecular formula is C24H16N4O5. The minimum atomic E-state index is -0.492. The number of carbonyl (C=O) groups is 1. The molecule has 0 saturated heterocycles. The van der Waals surface area contributed by atoms with Gasteiger partial charge >= 0.3 is 0 Å². The first-order valence-corrected chi connectivity index (χ1v) is 9.98. The molecule has 1 amide bonds. The average molecular weight is 440 g/mol. The van der Waals surface area contributed by atoms with Gasteiger partial charge in [-0.05, 0) is 55.0 Å². The molecule has 0 aliphatic rings. The lowest BCUT2D eigenvalue weighted by Crippen LogP contribution is -2.12. The Morgan fingerprint density at radius 1 is 0.970 bits per heavy atom. The van der Waals surface area contributed by atoms with Crippen LogP contribution in [0.25, 0.3) is 34.0 Å². The minimum absolute atomic E-state index is 0.0269. The highest BCUT2D eigenvalue weighted by Gasteiger charge is 2.20. The molecule has 0 saturated carbocycles. The summed E-state index contributed by atoms with van der Waals surface area (Å²) in [6, 6.07) is 18.1. The van der Waals surface area contributed by atoms with Gasteiger partial charge in [-0.25, -0.2) is 4.98 Å². The number of hydrogen-bond donors (Lipinski definition) is 1. The summed E-state index contributed by atoms with van der Waals surface area (Å²) in [4.78, 5) is 32.2. The number of anilines is 1. The summed E-state index contributed by atoms with van der Waals surface area (Å²) in [6.07, 6.45) is 1.64. The van der Waals surface area contributed by atoms with E-state index < -0.39 is 10.8 Å². The SMILES string of the molecule is Cc1c(NC(=O)c2ccc(-c3ccccc3[N+](=O)[O-])o2)cccc1-c1nc2ncccc2o1. The first-order chi connectivity index (χ1) is 16.0. The Labute approximate surface area is 186 Å². The van der Waals surface area contributed by atoms with Crippen LogP contribution in [-0.4, -0.2) is 20.8 Å². The molecule has 9 nitrogen and oxygen atoms in total. The third kappa shape index (κ3) is 3.72. The molecule has 0 spiro atoms. The molecule has 0 unspecified atom stereocenters. The second-order valence-electron chi connectivity index (χ2n) is 7.21. The fraction of sp³-hybridized carbons (Fsp3) is 0.0417. The number of aromatic nitrogens is 2. The predicted octanol–water partition coefficient (Wildman–Crippen LogP) is 5.62. The van der Waals surface area contributed by atoms with Crippen LogP contribution >= 0.6 is 0 Å². The van der Waals surface area contributed by atoms with Crippen molar-refractivity contribution in [3.05, 3.63) is 94.4 Å². The average Bonchev–Trinajstić information content (AvgIpc) is 3.48. The highest BCUT2D eigenvalue weighted by molar-refractivity contribution is 6.03. The van der Waals surface area contributed by atoms with Gasteiger partial charge in [0, 0.05) is 23.5 Å². The number of benzene rings is 2. The number of amides is 1. The van der Waals surface area contributed by atoms with E-state index in [-0.39, 0.29) is 17.2 Å². The Balaban J connectivity index is 1.42. The van der Waals surface area contributed by atoms with Crippen LogP contribution in [0.3, 0.4) is 0 Å². The van der Waals surface area contributed by atoms with E-state index in [1.54, 1.807) is 48.7 Å². The monoisotopic (exact) mass is 440 g/mol. The molecule has 0 radical (unpaired) electrons. The second-order valence-corrected chi connectivity index (χ2v) is 7.21. The van der Waals surface area contributed by atoms with Crippen molar-refractivity contribution in [2.24, 2.45) is 0 Å². The van der Waals surface area contributed by atoms with Crippen LogP contribution in [0.4, 0.5) is 11.4 Å². The van der Waals surface area contributed by atoms with Crippen molar-refractivity contribution in [2.75, 3.05) is 5.32 Å². The molecule has 0 bridgehead atoms. The summed E-state index contributed by atoms with van der Waals surface area (Å²) in [7, 11) is 0. The molecule has 1 N–H and O–H groups in total. The topological polar surface area (TPSA) is 124 Å². The first kappa shape index (κ1) is 20.1. The molecule has 0 aliphatic carbocycles. The van der Waals surface area contributed by atoms with Crippen LogP contribution in [0.2, 0.25) is 0 Å². The normalized spacial score (nSPS) is 10.9. The maximum Gasteiger partial charge on any atom is 0.291 e. The van der Waals surface area contributed by atoms with Crippen LogP contribution in [0.5, 0.6) is 0 Å².